The fourth-order valence-electron chi connectivity index (χ4n) is 9.59. The van der Waals surface area contributed by atoms with Crippen LogP contribution in [0.2, 0.25) is 0 Å². The number of nitrogens with two attached hydrogens (primary N) is 1. The lowest BCUT2D eigenvalue weighted by Crippen LogP contribution is -2.54. The van der Waals surface area contributed by atoms with Gasteiger partial charge in [0.25, 0.3) is 17.7 Å². The second-order valence-electron chi connectivity index (χ2n) is 16.5. The SMILES string of the molecule is CN1CCN([C@@H]2CCCN(c3cnc(C(N)=O)c(Cc4ccc(C5CN(C6CCN(c7ccc8c(c7)C(=O)N(C7CCC(=O)NC7=O)C8=O)CC6)C5)cc4)n3)C2)C1=O. The van der Waals surface area contributed by atoms with Gasteiger partial charge in [0.1, 0.15) is 17.6 Å². The number of piperidine rings is 3. The number of anilines is 2. The third-order valence-electron chi connectivity index (χ3n) is 13.0. The largest absolute Gasteiger partial charge is 0.371 e. The first kappa shape index (κ1) is 37.7. The van der Waals surface area contributed by atoms with E-state index in [-0.39, 0.29) is 30.6 Å². The Labute approximate surface area is 336 Å². The Balaban J connectivity index is 0.781. The molecule has 7 heterocycles. The molecule has 1 aromatic heterocycles. The molecule has 1 unspecified atom stereocenters. The van der Waals surface area contributed by atoms with Crippen LogP contribution in [0.4, 0.5) is 16.3 Å². The number of nitrogens with zero attached hydrogens (tertiary/aromatic N) is 8. The standard InChI is InChI=1S/C42H48N10O6/c1-47-17-18-51(42(47)58)30-3-2-14-49(24-30)35-21-44-37(38(43)54)33(45-35)19-25-4-6-26(7-5-25)27-22-50(23-27)28-12-15-48(16-13-28)29-8-9-31-32(20-29)41(57)52(40(31)56)34-10-11-36(53)46-39(34)55/h4-9,20-21,27-28,30,34H,2-3,10-19,22-24H2,1H3,(H2,43,54)(H,46,53,55)/t30-,34?/m1/s1. The summed E-state index contributed by atoms with van der Waals surface area (Å²) in [6.45, 7) is 6.54. The highest BCUT2D eigenvalue weighted by Gasteiger charge is 2.45. The van der Waals surface area contributed by atoms with Gasteiger partial charge in [0, 0.05) is 89.9 Å². The summed E-state index contributed by atoms with van der Waals surface area (Å²) in [5, 5.41) is 2.24. The number of carbonyl (C=O) groups is 6. The van der Waals surface area contributed by atoms with Gasteiger partial charge in [-0.1, -0.05) is 24.3 Å². The third kappa shape index (κ3) is 6.92. The second-order valence-corrected chi connectivity index (χ2v) is 16.5. The molecule has 5 saturated heterocycles. The van der Waals surface area contributed by atoms with E-state index in [9.17, 15) is 28.8 Å². The van der Waals surface area contributed by atoms with Crippen LogP contribution in [0.5, 0.6) is 0 Å². The van der Waals surface area contributed by atoms with Gasteiger partial charge in [0.05, 0.1) is 29.1 Å². The topological polar surface area (TPSA) is 186 Å². The molecule has 6 aliphatic rings. The number of nitrogens with one attached hydrogen (secondary N) is 1. The Morgan fingerprint density at radius 1 is 0.828 bits per heavy atom. The number of fused-ring (bicyclic) bond motifs is 1. The first-order valence-electron chi connectivity index (χ1n) is 20.4. The van der Waals surface area contributed by atoms with Crippen LogP contribution in [0.1, 0.15) is 92.5 Å². The molecule has 302 valence electrons. The molecule has 0 aliphatic carbocycles. The van der Waals surface area contributed by atoms with Crippen LogP contribution in [0.3, 0.4) is 0 Å². The van der Waals surface area contributed by atoms with Crippen molar-refractivity contribution in [1.29, 1.82) is 0 Å². The van der Waals surface area contributed by atoms with Gasteiger partial charge in [0.15, 0.2) is 0 Å². The summed E-state index contributed by atoms with van der Waals surface area (Å²) in [6, 6.07) is 13.5. The van der Waals surface area contributed by atoms with Crippen molar-refractivity contribution in [1.82, 2.24) is 34.9 Å². The van der Waals surface area contributed by atoms with E-state index in [4.69, 9.17) is 10.7 Å². The molecule has 6 aliphatic heterocycles. The molecule has 3 aromatic rings. The highest BCUT2D eigenvalue weighted by Crippen LogP contribution is 2.35. The lowest BCUT2D eigenvalue weighted by molar-refractivity contribution is -0.136. The van der Waals surface area contributed by atoms with Crippen LogP contribution in [0.15, 0.2) is 48.7 Å². The Bertz CT molecular complexity index is 2180. The number of likely N-dealkylation sites (N-methyl/N-ethyl adjacent to an activating group) is 1. The fourth-order valence-corrected chi connectivity index (χ4v) is 9.59. The number of urea groups is 1. The maximum absolute atomic E-state index is 13.3. The maximum atomic E-state index is 13.3. The lowest BCUT2D eigenvalue weighted by Gasteiger charge is -2.47. The molecule has 16 heteroatoms. The summed E-state index contributed by atoms with van der Waals surface area (Å²) in [5.41, 5.74) is 10.2. The molecule has 3 N–H and O–H groups in total. The summed E-state index contributed by atoms with van der Waals surface area (Å²) in [5.74, 6) is -1.47. The number of carbonyl (C=O) groups excluding carboxylic acids is 6. The summed E-state index contributed by atoms with van der Waals surface area (Å²) in [7, 11) is 1.84. The Hall–Kier alpha value is -5.90. The van der Waals surface area contributed by atoms with Crippen molar-refractivity contribution in [3.8, 4) is 0 Å². The monoisotopic (exact) mass is 788 g/mol. The van der Waals surface area contributed by atoms with Crippen LogP contribution < -0.4 is 20.9 Å². The highest BCUT2D eigenvalue weighted by atomic mass is 16.2. The Morgan fingerprint density at radius 3 is 2.29 bits per heavy atom. The Kier molecular flexibility index (Phi) is 9.82. The average molecular weight is 789 g/mol. The predicted molar refractivity (Wildman–Crippen MR) is 212 cm³/mol. The van der Waals surface area contributed by atoms with Crippen LogP contribution in [0, 0.1) is 0 Å². The van der Waals surface area contributed by atoms with E-state index in [0.29, 0.717) is 47.6 Å². The van der Waals surface area contributed by atoms with E-state index >= 15 is 0 Å². The average Bonchev–Trinajstić information content (AvgIpc) is 3.67. The lowest BCUT2D eigenvalue weighted by atomic mass is 9.87. The zero-order chi connectivity index (χ0) is 40.2. The molecule has 0 radical (unpaired) electrons. The number of aromatic nitrogens is 2. The van der Waals surface area contributed by atoms with Crippen molar-refractivity contribution in [2.75, 3.05) is 69.2 Å². The van der Waals surface area contributed by atoms with E-state index in [1.54, 1.807) is 23.2 Å². The van der Waals surface area contributed by atoms with Gasteiger partial charge in [-0.15, -0.1) is 0 Å². The van der Waals surface area contributed by atoms with Crippen molar-refractivity contribution >= 4 is 47.1 Å². The van der Waals surface area contributed by atoms with E-state index in [1.165, 1.54) is 5.56 Å². The van der Waals surface area contributed by atoms with Crippen molar-refractivity contribution in [3.63, 3.8) is 0 Å². The van der Waals surface area contributed by atoms with Gasteiger partial charge >= 0.3 is 6.03 Å². The molecule has 0 bridgehead atoms. The van der Waals surface area contributed by atoms with Crippen LogP contribution in [0.25, 0.3) is 0 Å². The van der Waals surface area contributed by atoms with Crippen LogP contribution >= 0.6 is 0 Å². The number of hydrogen-bond donors (Lipinski definition) is 2. The number of imide groups is 2. The van der Waals surface area contributed by atoms with Gasteiger partial charge in [-0.05, 0) is 61.4 Å². The minimum Gasteiger partial charge on any atom is -0.371 e. The van der Waals surface area contributed by atoms with Gasteiger partial charge < -0.3 is 25.3 Å². The number of likely N-dealkylation sites (tertiary alicyclic amines) is 1. The van der Waals surface area contributed by atoms with E-state index in [1.807, 2.05) is 18.0 Å². The van der Waals surface area contributed by atoms with Crippen LogP contribution in [-0.4, -0.2) is 143 Å². The molecule has 2 atom stereocenters. The minimum absolute atomic E-state index is 0.0685. The van der Waals surface area contributed by atoms with Gasteiger partial charge in [-0.3, -0.25) is 39.1 Å². The maximum Gasteiger partial charge on any atom is 0.320 e. The molecule has 0 spiro atoms. The number of primary amides is 1. The van der Waals surface area contributed by atoms with Gasteiger partial charge in [-0.25, -0.2) is 14.8 Å². The molecular formula is C42H48N10O6. The summed E-state index contributed by atoms with van der Waals surface area (Å²) in [4.78, 5) is 96.7. The number of benzene rings is 2. The summed E-state index contributed by atoms with van der Waals surface area (Å²) >= 11 is 0. The molecule has 0 saturated carbocycles. The van der Waals surface area contributed by atoms with E-state index < -0.39 is 35.6 Å². The van der Waals surface area contributed by atoms with Gasteiger partial charge in [-0.2, -0.15) is 0 Å². The third-order valence-corrected chi connectivity index (χ3v) is 13.0. The minimum atomic E-state index is -0.978. The van der Waals surface area contributed by atoms with E-state index in [0.717, 1.165) is 87.6 Å². The molecule has 7 amide bonds. The Morgan fingerprint density at radius 2 is 1.59 bits per heavy atom. The second kappa shape index (κ2) is 15.1. The van der Waals surface area contributed by atoms with Crippen molar-refractivity contribution < 1.29 is 28.8 Å². The van der Waals surface area contributed by atoms with Gasteiger partial charge in [0.2, 0.25) is 11.8 Å². The van der Waals surface area contributed by atoms with E-state index in [2.05, 4.69) is 49.3 Å². The molecule has 9 rings (SSSR count). The number of hydrogen-bond acceptors (Lipinski definition) is 11. The number of amides is 7. The predicted octanol–water partition coefficient (Wildman–Crippen LogP) is 1.97. The van der Waals surface area contributed by atoms with Crippen LogP contribution in [-0.2, 0) is 16.0 Å². The van der Waals surface area contributed by atoms with Crippen molar-refractivity contribution in [2.24, 2.45) is 5.73 Å². The molecule has 2 aromatic carbocycles. The fraction of sp³-hybridized carbons (Fsp3) is 0.476. The van der Waals surface area contributed by atoms with Crippen molar-refractivity contribution in [3.05, 3.63) is 82.3 Å². The highest BCUT2D eigenvalue weighted by molar-refractivity contribution is 6.23. The molecular weight excluding hydrogens is 741 g/mol. The first-order valence-corrected chi connectivity index (χ1v) is 20.4. The molecule has 16 nitrogen and oxygen atoms in total. The quantitative estimate of drug-likeness (QED) is 0.302. The number of rotatable bonds is 9. The normalized spacial score (nSPS) is 23.5. The van der Waals surface area contributed by atoms with Crippen molar-refractivity contribution in [2.45, 2.75) is 69.0 Å². The molecule has 5 fully saturated rings. The summed E-state index contributed by atoms with van der Waals surface area (Å²) < 4.78 is 0. The molecule has 58 heavy (non-hydrogen) atoms. The zero-order valence-electron chi connectivity index (χ0n) is 32.6. The first-order chi connectivity index (χ1) is 28.0. The summed E-state index contributed by atoms with van der Waals surface area (Å²) in [6.07, 6.45) is 6.11. The zero-order valence-corrected chi connectivity index (χ0v) is 32.6. The smallest absolute Gasteiger partial charge is 0.320 e.